The van der Waals surface area contributed by atoms with Gasteiger partial charge in [-0.1, -0.05) is 6.07 Å². The lowest BCUT2D eigenvalue weighted by Crippen LogP contribution is -2.38. The zero-order valence-electron chi connectivity index (χ0n) is 13.5. The highest BCUT2D eigenvalue weighted by molar-refractivity contribution is 7.12. The molecule has 1 aliphatic heterocycles. The second-order valence-corrected chi connectivity index (χ2v) is 7.80. The molecular weight excluding hydrogens is 354 g/mol. The minimum Gasteiger partial charge on any atom is -0.338 e. The van der Waals surface area contributed by atoms with E-state index in [-0.39, 0.29) is 17.4 Å². The normalized spacial score (nSPS) is 15.4. The van der Waals surface area contributed by atoms with Crippen LogP contribution in [0.5, 0.6) is 0 Å². The van der Waals surface area contributed by atoms with Crippen molar-refractivity contribution in [2.75, 3.05) is 13.1 Å². The highest BCUT2D eigenvalue weighted by Gasteiger charge is 2.26. The van der Waals surface area contributed by atoms with Crippen LogP contribution < -0.4 is 5.56 Å². The van der Waals surface area contributed by atoms with Gasteiger partial charge in [0.25, 0.3) is 11.5 Å². The molecule has 0 aliphatic carbocycles. The number of carbonyl (C=O) groups is 1. The minimum atomic E-state index is -0.122. The van der Waals surface area contributed by atoms with E-state index in [0.717, 1.165) is 34.8 Å². The lowest BCUT2D eigenvalue weighted by Gasteiger charge is -2.31. The first-order valence-corrected chi connectivity index (χ1v) is 9.99. The Hall–Kier alpha value is -2.25. The lowest BCUT2D eigenvalue weighted by molar-refractivity contribution is 0.0716. The molecule has 0 radical (unpaired) electrons. The summed E-state index contributed by atoms with van der Waals surface area (Å²) in [5.41, 5.74) is 1.57. The third kappa shape index (κ3) is 3.43. The number of nitrogens with one attached hydrogen (secondary N) is 1. The topological polar surface area (TPSA) is 66.1 Å². The quantitative estimate of drug-likeness (QED) is 0.765. The minimum absolute atomic E-state index is 0.0990. The van der Waals surface area contributed by atoms with E-state index in [0.29, 0.717) is 13.1 Å². The number of H-pyrrole nitrogens is 1. The fraction of sp³-hybridized carbons (Fsp3) is 0.278. The smallest absolute Gasteiger partial charge is 0.263 e. The summed E-state index contributed by atoms with van der Waals surface area (Å²) >= 11 is 3.06. The second-order valence-electron chi connectivity index (χ2n) is 6.07. The van der Waals surface area contributed by atoms with E-state index < -0.39 is 0 Å². The summed E-state index contributed by atoms with van der Waals surface area (Å²) in [7, 11) is 0. The third-order valence-electron chi connectivity index (χ3n) is 4.48. The van der Waals surface area contributed by atoms with Gasteiger partial charge in [-0.3, -0.25) is 9.59 Å². The van der Waals surface area contributed by atoms with E-state index in [4.69, 9.17) is 0 Å². The lowest BCUT2D eigenvalue weighted by atomic mass is 9.95. The predicted octanol–water partition coefficient (Wildman–Crippen LogP) is 3.58. The molecule has 128 valence electrons. The van der Waals surface area contributed by atoms with Crippen molar-refractivity contribution in [2.45, 2.75) is 18.8 Å². The molecule has 1 N–H and O–H groups in total. The van der Waals surface area contributed by atoms with Gasteiger partial charge in [0, 0.05) is 36.0 Å². The number of aromatic amines is 1. The Labute approximate surface area is 153 Å². The predicted molar refractivity (Wildman–Crippen MR) is 100 cm³/mol. The molecule has 0 saturated carbocycles. The number of hydrogen-bond acceptors (Lipinski definition) is 5. The first kappa shape index (κ1) is 16.2. The molecule has 3 aromatic rings. The fourth-order valence-electron chi connectivity index (χ4n) is 3.14. The van der Waals surface area contributed by atoms with Crippen LogP contribution >= 0.6 is 22.7 Å². The number of nitrogens with zero attached hydrogens (tertiary/aromatic N) is 2. The van der Waals surface area contributed by atoms with Gasteiger partial charge in [-0.2, -0.15) is 11.3 Å². The molecule has 0 aromatic carbocycles. The number of thiophene rings is 2. The second kappa shape index (κ2) is 6.93. The van der Waals surface area contributed by atoms with Gasteiger partial charge in [-0.05, 0) is 35.7 Å². The van der Waals surface area contributed by atoms with Crippen LogP contribution in [0.4, 0.5) is 0 Å². The molecule has 1 fully saturated rings. The van der Waals surface area contributed by atoms with Gasteiger partial charge >= 0.3 is 0 Å². The maximum Gasteiger partial charge on any atom is 0.263 e. The summed E-state index contributed by atoms with van der Waals surface area (Å²) in [6.45, 7) is 1.38. The van der Waals surface area contributed by atoms with E-state index in [1.807, 2.05) is 39.2 Å². The molecule has 5 nitrogen and oxygen atoms in total. The highest BCUT2D eigenvalue weighted by Crippen LogP contribution is 2.28. The van der Waals surface area contributed by atoms with Gasteiger partial charge in [0.1, 0.15) is 5.82 Å². The highest BCUT2D eigenvalue weighted by atomic mass is 32.1. The van der Waals surface area contributed by atoms with Crippen LogP contribution in [0.1, 0.15) is 34.3 Å². The Morgan fingerprint density at radius 3 is 2.76 bits per heavy atom. The molecule has 1 amide bonds. The van der Waals surface area contributed by atoms with Gasteiger partial charge in [0.2, 0.25) is 0 Å². The first-order chi connectivity index (χ1) is 12.2. The van der Waals surface area contributed by atoms with Gasteiger partial charge in [-0.15, -0.1) is 11.3 Å². The fourth-order valence-corrected chi connectivity index (χ4v) is 4.48. The summed E-state index contributed by atoms with van der Waals surface area (Å²) in [5.74, 6) is 1.01. The largest absolute Gasteiger partial charge is 0.338 e. The van der Waals surface area contributed by atoms with Crippen molar-refractivity contribution in [3.63, 3.8) is 0 Å². The average Bonchev–Trinajstić information content (AvgIpc) is 3.34. The number of rotatable bonds is 3. The Bertz CT molecular complexity index is 908. The van der Waals surface area contributed by atoms with Crippen LogP contribution in [-0.4, -0.2) is 33.9 Å². The maximum absolute atomic E-state index is 12.4. The van der Waals surface area contributed by atoms with Gasteiger partial charge in [0.05, 0.1) is 10.6 Å². The van der Waals surface area contributed by atoms with E-state index in [9.17, 15) is 9.59 Å². The van der Waals surface area contributed by atoms with Crippen molar-refractivity contribution in [2.24, 2.45) is 0 Å². The van der Waals surface area contributed by atoms with Crippen LogP contribution in [0.2, 0.25) is 0 Å². The van der Waals surface area contributed by atoms with Crippen molar-refractivity contribution >= 4 is 28.6 Å². The number of likely N-dealkylation sites (tertiary alicyclic amines) is 1. The molecule has 25 heavy (non-hydrogen) atoms. The third-order valence-corrected chi connectivity index (χ3v) is 6.02. The Kier molecular flexibility index (Phi) is 4.50. The molecule has 0 spiro atoms. The molecule has 0 atom stereocenters. The van der Waals surface area contributed by atoms with Gasteiger partial charge < -0.3 is 9.88 Å². The first-order valence-electron chi connectivity index (χ1n) is 8.17. The number of carbonyl (C=O) groups excluding carboxylic acids is 1. The number of amides is 1. The molecule has 0 bridgehead atoms. The summed E-state index contributed by atoms with van der Waals surface area (Å²) in [6.07, 6.45) is 1.63. The van der Waals surface area contributed by atoms with Crippen LogP contribution in [0.15, 0.2) is 45.2 Å². The van der Waals surface area contributed by atoms with Crippen LogP contribution in [0, 0.1) is 0 Å². The summed E-state index contributed by atoms with van der Waals surface area (Å²) in [4.78, 5) is 34.7. The van der Waals surface area contributed by atoms with E-state index >= 15 is 0 Å². The number of piperidine rings is 1. The van der Waals surface area contributed by atoms with Crippen LogP contribution in [0.25, 0.3) is 11.3 Å². The molecular formula is C18H17N3O2S2. The standard InChI is InChI=1S/C18H17N3O2S2/c22-16-10-14(13-5-9-24-11-13)19-17(20-16)12-3-6-21(7-4-12)18(23)15-2-1-8-25-15/h1-2,5,8-12H,3-4,6-7H2,(H,19,20,22). The molecule has 1 saturated heterocycles. The molecule has 1 aliphatic rings. The molecule has 4 rings (SSSR count). The Morgan fingerprint density at radius 1 is 1.24 bits per heavy atom. The van der Waals surface area contributed by atoms with Crippen molar-refractivity contribution in [3.8, 4) is 11.3 Å². The molecule has 4 heterocycles. The number of aromatic nitrogens is 2. The SMILES string of the molecule is O=C(c1cccs1)N1CCC(c2nc(-c3ccsc3)cc(=O)[nH]2)CC1. The van der Waals surface area contributed by atoms with Crippen molar-refractivity contribution < 1.29 is 4.79 Å². The molecule has 0 unspecified atom stereocenters. The number of hydrogen-bond donors (Lipinski definition) is 1. The molecule has 3 aromatic heterocycles. The zero-order chi connectivity index (χ0) is 17.2. The monoisotopic (exact) mass is 371 g/mol. The van der Waals surface area contributed by atoms with Crippen LogP contribution in [0.3, 0.4) is 0 Å². The Morgan fingerprint density at radius 2 is 2.08 bits per heavy atom. The summed E-state index contributed by atoms with van der Waals surface area (Å²) < 4.78 is 0. The van der Waals surface area contributed by atoms with E-state index in [1.54, 1.807) is 17.4 Å². The van der Waals surface area contributed by atoms with Gasteiger partial charge in [0.15, 0.2) is 0 Å². The Balaban J connectivity index is 1.49. The van der Waals surface area contributed by atoms with Crippen molar-refractivity contribution in [1.82, 2.24) is 14.9 Å². The van der Waals surface area contributed by atoms with Gasteiger partial charge in [-0.25, -0.2) is 4.98 Å². The average molecular weight is 371 g/mol. The summed E-state index contributed by atoms with van der Waals surface area (Å²) in [6, 6.07) is 7.28. The molecule has 7 heteroatoms. The van der Waals surface area contributed by atoms with Crippen molar-refractivity contribution in [1.29, 1.82) is 0 Å². The van der Waals surface area contributed by atoms with E-state index in [1.165, 1.54) is 11.3 Å². The van der Waals surface area contributed by atoms with E-state index in [2.05, 4.69) is 9.97 Å². The van der Waals surface area contributed by atoms with Crippen LogP contribution in [-0.2, 0) is 0 Å². The van der Waals surface area contributed by atoms with Crippen molar-refractivity contribution in [3.05, 3.63) is 61.5 Å². The maximum atomic E-state index is 12.4. The zero-order valence-corrected chi connectivity index (χ0v) is 15.1. The summed E-state index contributed by atoms with van der Waals surface area (Å²) in [5, 5.41) is 5.89.